The zero-order chi connectivity index (χ0) is 13.9. The number of fused-ring (bicyclic) bond motifs is 1. The third kappa shape index (κ3) is 2.59. The van der Waals surface area contributed by atoms with Crippen molar-refractivity contribution in [2.45, 2.75) is 26.6 Å². The van der Waals surface area contributed by atoms with Gasteiger partial charge in [-0.2, -0.15) is 0 Å². The molecule has 0 aliphatic carbocycles. The van der Waals surface area contributed by atoms with Crippen LogP contribution in [0, 0.1) is 0 Å². The van der Waals surface area contributed by atoms with Gasteiger partial charge in [-0.25, -0.2) is 0 Å². The van der Waals surface area contributed by atoms with E-state index in [4.69, 9.17) is 5.73 Å². The summed E-state index contributed by atoms with van der Waals surface area (Å²) in [5.41, 5.74) is 9.70. The lowest BCUT2D eigenvalue weighted by Crippen LogP contribution is -2.43. The molecule has 108 valence electrons. The van der Waals surface area contributed by atoms with E-state index in [1.807, 2.05) is 0 Å². The molecule has 1 fully saturated rings. The standard InChI is InChI=1S/C16H24N4/c1-2-20-15(12-19-7-5-18-6-8-19)10-14-9-13(11-17)3-4-16(14)20/h3-4,9-10,18H,2,5-8,11-12,17H2,1H3. The highest BCUT2D eigenvalue weighted by atomic mass is 15.2. The Morgan fingerprint density at radius 1 is 1.20 bits per heavy atom. The molecule has 0 atom stereocenters. The Morgan fingerprint density at radius 2 is 2.00 bits per heavy atom. The van der Waals surface area contributed by atoms with Crippen LogP contribution in [0.1, 0.15) is 18.2 Å². The third-order valence-corrected chi connectivity index (χ3v) is 4.20. The second-order valence-corrected chi connectivity index (χ2v) is 5.50. The number of benzene rings is 1. The molecule has 1 aromatic heterocycles. The summed E-state index contributed by atoms with van der Waals surface area (Å²) in [6.45, 7) is 9.37. The van der Waals surface area contributed by atoms with E-state index in [-0.39, 0.29) is 0 Å². The normalized spacial score (nSPS) is 16.9. The number of nitrogens with one attached hydrogen (secondary N) is 1. The highest BCUT2D eigenvalue weighted by Gasteiger charge is 2.14. The molecule has 2 heterocycles. The van der Waals surface area contributed by atoms with Crippen LogP contribution in [0.4, 0.5) is 0 Å². The van der Waals surface area contributed by atoms with Crippen LogP contribution < -0.4 is 11.1 Å². The summed E-state index contributed by atoms with van der Waals surface area (Å²) >= 11 is 0. The smallest absolute Gasteiger partial charge is 0.0483 e. The minimum absolute atomic E-state index is 0.611. The van der Waals surface area contributed by atoms with Gasteiger partial charge in [0.1, 0.15) is 0 Å². The minimum Gasteiger partial charge on any atom is -0.344 e. The molecule has 3 rings (SSSR count). The summed E-state index contributed by atoms with van der Waals surface area (Å²) in [6.07, 6.45) is 0. The van der Waals surface area contributed by atoms with Gasteiger partial charge in [0, 0.05) is 62.4 Å². The summed E-state index contributed by atoms with van der Waals surface area (Å²) in [5.74, 6) is 0. The molecule has 0 saturated carbocycles. The molecule has 1 aromatic carbocycles. The van der Waals surface area contributed by atoms with Gasteiger partial charge in [0.25, 0.3) is 0 Å². The summed E-state index contributed by atoms with van der Waals surface area (Å²) in [6, 6.07) is 8.91. The minimum atomic E-state index is 0.611. The fourth-order valence-electron chi connectivity index (χ4n) is 3.11. The summed E-state index contributed by atoms with van der Waals surface area (Å²) in [7, 11) is 0. The molecule has 4 nitrogen and oxygen atoms in total. The van der Waals surface area contributed by atoms with Gasteiger partial charge in [0.15, 0.2) is 0 Å². The monoisotopic (exact) mass is 272 g/mol. The molecule has 3 N–H and O–H groups in total. The lowest BCUT2D eigenvalue weighted by Gasteiger charge is -2.27. The molecule has 20 heavy (non-hydrogen) atoms. The molecular formula is C16H24N4. The lowest BCUT2D eigenvalue weighted by atomic mass is 10.1. The van der Waals surface area contributed by atoms with E-state index in [1.165, 1.54) is 22.2 Å². The fraction of sp³-hybridized carbons (Fsp3) is 0.500. The van der Waals surface area contributed by atoms with Crippen LogP contribution in [0.5, 0.6) is 0 Å². The summed E-state index contributed by atoms with van der Waals surface area (Å²) < 4.78 is 2.43. The quantitative estimate of drug-likeness (QED) is 0.887. The van der Waals surface area contributed by atoms with E-state index in [0.717, 1.165) is 39.3 Å². The molecule has 1 aliphatic heterocycles. The average molecular weight is 272 g/mol. The molecule has 0 unspecified atom stereocenters. The van der Waals surface area contributed by atoms with Gasteiger partial charge >= 0.3 is 0 Å². The van der Waals surface area contributed by atoms with Crippen LogP contribution in [-0.4, -0.2) is 35.6 Å². The number of nitrogens with zero attached hydrogens (tertiary/aromatic N) is 2. The SMILES string of the molecule is CCn1c(CN2CCNCC2)cc2cc(CN)ccc21. The van der Waals surface area contributed by atoms with Crippen molar-refractivity contribution in [3.63, 3.8) is 0 Å². The van der Waals surface area contributed by atoms with E-state index in [2.05, 4.69) is 46.0 Å². The highest BCUT2D eigenvalue weighted by molar-refractivity contribution is 5.82. The zero-order valence-electron chi connectivity index (χ0n) is 12.2. The molecule has 0 amide bonds. The molecule has 0 bridgehead atoms. The van der Waals surface area contributed by atoms with Crippen molar-refractivity contribution in [2.75, 3.05) is 26.2 Å². The van der Waals surface area contributed by atoms with Crippen LogP contribution in [0.3, 0.4) is 0 Å². The second-order valence-electron chi connectivity index (χ2n) is 5.50. The first-order valence-corrected chi connectivity index (χ1v) is 7.56. The van der Waals surface area contributed by atoms with Gasteiger partial charge in [-0.1, -0.05) is 6.07 Å². The zero-order valence-corrected chi connectivity index (χ0v) is 12.2. The van der Waals surface area contributed by atoms with E-state index in [1.54, 1.807) is 0 Å². The Bertz CT molecular complexity index is 581. The molecule has 4 heteroatoms. The van der Waals surface area contributed by atoms with Crippen LogP contribution in [0.2, 0.25) is 0 Å². The van der Waals surface area contributed by atoms with Crippen LogP contribution in [0.15, 0.2) is 24.3 Å². The number of piperazine rings is 1. The first-order valence-electron chi connectivity index (χ1n) is 7.56. The molecule has 0 radical (unpaired) electrons. The number of aromatic nitrogens is 1. The predicted octanol–water partition coefficient (Wildman–Crippen LogP) is 1.53. The van der Waals surface area contributed by atoms with Crippen LogP contribution >= 0.6 is 0 Å². The number of hydrogen-bond donors (Lipinski definition) is 2. The number of aryl methyl sites for hydroxylation is 1. The Labute approximate surface area is 120 Å². The maximum absolute atomic E-state index is 5.75. The predicted molar refractivity (Wildman–Crippen MR) is 83.7 cm³/mol. The van der Waals surface area contributed by atoms with Crippen molar-refractivity contribution in [1.29, 1.82) is 0 Å². The largest absolute Gasteiger partial charge is 0.344 e. The van der Waals surface area contributed by atoms with Gasteiger partial charge in [0.05, 0.1) is 0 Å². The van der Waals surface area contributed by atoms with Gasteiger partial charge in [0.2, 0.25) is 0 Å². The maximum Gasteiger partial charge on any atom is 0.0483 e. The van der Waals surface area contributed by atoms with Crippen molar-refractivity contribution in [3.8, 4) is 0 Å². The van der Waals surface area contributed by atoms with E-state index >= 15 is 0 Å². The molecule has 1 aliphatic rings. The maximum atomic E-state index is 5.75. The average Bonchev–Trinajstić information content (AvgIpc) is 2.84. The van der Waals surface area contributed by atoms with E-state index in [0.29, 0.717) is 6.54 Å². The van der Waals surface area contributed by atoms with Crippen molar-refractivity contribution in [3.05, 3.63) is 35.5 Å². The van der Waals surface area contributed by atoms with E-state index < -0.39 is 0 Å². The highest BCUT2D eigenvalue weighted by Crippen LogP contribution is 2.22. The van der Waals surface area contributed by atoms with Crippen LogP contribution in [0.25, 0.3) is 10.9 Å². The Kier molecular flexibility index (Phi) is 4.05. The van der Waals surface area contributed by atoms with Crippen molar-refractivity contribution < 1.29 is 0 Å². The summed E-state index contributed by atoms with van der Waals surface area (Å²) in [4.78, 5) is 2.53. The number of rotatable bonds is 4. The van der Waals surface area contributed by atoms with E-state index in [9.17, 15) is 0 Å². The molecular weight excluding hydrogens is 248 g/mol. The van der Waals surface area contributed by atoms with Gasteiger partial charge in [-0.15, -0.1) is 0 Å². The third-order valence-electron chi connectivity index (χ3n) is 4.20. The van der Waals surface area contributed by atoms with Gasteiger partial charge in [-0.05, 0) is 30.7 Å². The molecule has 2 aromatic rings. The first kappa shape index (κ1) is 13.6. The molecule has 0 spiro atoms. The van der Waals surface area contributed by atoms with Crippen molar-refractivity contribution >= 4 is 10.9 Å². The fourth-order valence-corrected chi connectivity index (χ4v) is 3.11. The topological polar surface area (TPSA) is 46.2 Å². The lowest BCUT2D eigenvalue weighted by molar-refractivity contribution is 0.228. The number of nitrogens with two attached hydrogens (primary N) is 1. The first-order chi connectivity index (χ1) is 9.81. The van der Waals surface area contributed by atoms with Gasteiger partial charge < -0.3 is 15.6 Å². The Morgan fingerprint density at radius 3 is 2.70 bits per heavy atom. The van der Waals surface area contributed by atoms with Gasteiger partial charge in [-0.3, -0.25) is 4.90 Å². The molecule has 1 saturated heterocycles. The van der Waals surface area contributed by atoms with Crippen molar-refractivity contribution in [1.82, 2.24) is 14.8 Å². The number of hydrogen-bond acceptors (Lipinski definition) is 3. The Balaban J connectivity index is 1.92. The van der Waals surface area contributed by atoms with Crippen molar-refractivity contribution in [2.24, 2.45) is 5.73 Å². The summed E-state index contributed by atoms with van der Waals surface area (Å²) in [5, 5.41) is 4.73. The van der Waals surface area contributed by atoms with Crippen LogP contribution in [-0.2, 0) is 19.6 Å². The second kappa shape index (κ2) is 5.95. The Hall–Kier alpha value is -1.36.